The number of carbonyl (C=O) groups is 2. The zero-order valence-electron chi connectivity index (χ0n) is 19.9. The molecule has 1 aromatic heterocycles. The molecule has 1 fully saturated rings. The molecule has 2 unspecified atom stereocenters. The number of fused-ring (bicyclic) bond motifs is 1. The van der Waals surface area contributed by atoms with Crippen molar-refractivity contribution in [2.75, 3.05) is 13.1 Å². The van der Waals surface area contributed by atoms with E-state index in [1.54, 1.807) is 50.1 Å². The standard InChI is InChI=1S/C27H28ClFN2O4/c1-16(25(32)31-12-4-5-17(15-31)27(2,3)26(33)34)35-19-7-9-22-20(10-11-30-24(22)14-19)21-8-6-18(29)13-23(21)28/h6-11,13-14,16-17H,4-5,12,15H2,1-3H3,(H,33,34). The van der Waals surface area contributed by atoms with Gasteiger partial charge in [0.1, 0.15) is 11.6 Å². The normalized spacial score (nSPS) is 17.3. The topological polar surface area (TPSA) is 79.7 Å². The number of halogens is 2. The summed E-state index contributed by atoms with van der Waals surface area (Å²) in [6.45, 7) is 6.10. The lowest BCUT2D eigenvalue weighted by Gasteiger charge is -2.40. The van der Waals surface area contributed by atoms with E-state index in [2.05, 4.69) is 4.98 Å². The number of carbonyl (C=O) groups excluding carboxylic acids is 1. The van der Waals surface area contributed by atoms with Gasteiger partial charge in [-0.05, 0) is 81.5 Å². The molecule has 0 bridgehead atoms. The Bertz CT molecular complexity index is 1280. The number of piperidine rings is 1. The third kappa shape index (κ3) is 5.10. The minimum absolute atomic E-state index is 0.119. The van der Waals surface area contributed by atoms with Crippen molar-refractivity contribution in [2.45, 2.75) is 39.7 Å². The first kappa shape index (κ1) is 24.9. The van der Waals surface area contributed by atoms with E-state index in [1.165, 1.54) is 12.1 Å². The Kier molecular flexibility index (Phi) is 6.99. The van der Waals surface area contributed by atoms with Crippen molar-refractivity contribution in [2.24, 2.45) is 11.3 Å². The van der Waals surface area contributed by atoms with Crippen LogP contribution in [0.3, 0.4) is 0 Å². The molecule has 1 aliphatic heterocycles. The van der Waals surface area contributed by atoms with Gasteiger partial charge in [-0.1, -0.05) is 11.6 Å². The summed E-state index contributed by atoms with van der Waals surface area (Å²) in [7, 11) is 0. The second kappa shape index (κ2) is 9.82. The minimum Gasteiger partial charge on any atom is -0.481 e. The van der Waals surface area contributed by atoms with Gasteiger partial charge < -0.3 is 14.7 Å². The second-order valence-electron chi connectivity index (χ2n) is 9.57. The maximum atomic E-state index is 13.5. The molecule has 2 heterocycles. The van der Waals surface area contributed by atoms with E-state index < -0.39 is 23.3 Å². The average molecular weight is 499 g/mol. The van der Waals surface area contributed by atoms with E-state index >= 15 is 0 Å². The molecule has 1 amide bonds. The molecular weight excluding hydrogens is 471 g/mol. The first-order chi connectivity index (χ1) is 16.6. The van der Waals surface area contributed by atoms with E-state index in [4.69, 9.17) is 16.3 Å². The first-order valence-electron chi connectivity index (χ1n) is 11.6. The van der Waals surface area contributed by atoms with Crippen LogP contribution in [0.5, 0.6) is 5.75 Å². The van der Waals surface area contributed by atoms with Gasteiger partial charge in [0.2, 0.25) is 0 Å². The zero-order valence-corrected chi connectivity index (χ0v) is 20.7. The molecule has 35 heavy (non-hydrogen) atoms. The molecule has 8 heteroatoms. The van der Waals surface area contributed by atoms with Crippen LogP contribution >= 0.6 is 11.6 Å². The number of aromatic nitrogens is 1. The van der Waals surface area contributed by atoms with Gasteiger partial charge in [0.25, 0.3) is 5.91 Å². The molecule has 184 valence electrons. The monoisotopic (exact) mass is 498 g/mol. The van der Waals surface area contributed by atoms with Crippen molar-refractivity contribution < 1.29 is 23.8 Å². The Morgan fingerprint density at radius 2 is 1.97 bits per heavy atom. The number of amides is 1. The number of carboxylic acid groups (broad SMARTS) is 1. The van der Waals surface area contributed by atoms with Gasteiger partial charge in [-0.15, -0.1) is 0 Å². The maximum Gasteiger partial charge on any atom is 0.309 e. The fourth-order valence-corrected chi connectivity index (χ4v) is 4.87. The third-order valence-corrected chi connectivity index (χ3v) is 7.21. The Balaban J connectivity index is 1.51. The highest BCUT2D eigenvalue weighted by Crippen LogP contribution is 2.36. The van der Waals surface area contributed by atoms with E-state index in [0.29, 0.717) is 34.9 Å². The number of likely N-dealkylation sites (tertiary alicyclic amines) is 1. The third-order valence-electron chi connectivity index (χ3n) is 6.90. The Labute approximate surface area is 208 Å². The van der Waals surface area contributed by atoms with Crippen LogP contribution in [0.25, 0.3) is 22.0 Å². The van der Waals surface area contributed by atoms with Crippen LogP contribution in [0.2, 0.25) is 5.02 Å². The molecule has 0 radical (unpaired) electrons. The molecule has 1 aliphatic rings. The molecule has 1 N–H and O–H groups in total. The van der Waals surface area contributed by atoms with E-state index in [1.807, 2.05) is 12.1 Å². The Morgan fingerprint density at radius 1 is 1.20 bits per heavy atom. The number of aliphatic carboxylic acids is 1. The summed E-state index contributed by atoms with van der Waals surface area (Å²) < 4.78 is 19.5. The van der Waals surface area contributed by atoms with E-state index in [-0.39, 0.29) is 11.8 Å². The summed E-state index contributed by atoms with van der Waals surface area (Å²) in [5.74, 6) is -1.06. The molecule has 0 spiro atoms. The van der Waals surface area contributed by atoms with Crippen LogP contribution in [0.15, 0.2) is 48.7 Å². The summed E-state index contributed by atoms with van der Waals surface area (Å²) in [4.78, 5) is 30.9. The van der Waals surface area contributed by atoms with Crippen molar-refractivity contribution in [1.82, 2.24) is 9.88 Å². The molecule has 3 aromatic rings. The van der Waals surface area contributed by atoms with E-state index in [0.717, 1.165) is 23.8 Å². The highest BCUT2D eigenvalue weighted by Gasteiger charge is 2.40. The second-order valence-corrected chi connectivity index (χ2v) is 9.98. The lowest BCUT2D eigenvalue weighted by atomic mass is 9.74. The molecule has 1 saturated heterocycles. The highest BCUT2D eigenvalue weighted by atomic mass is 35.5. The summed E-state index contributed by atoms with van der Waals surface area (Å²) in [5, 5.41) is 10.7. The van der Waals surface area contributed by atoms with Gasteiger partial charge in [0.15, 0.2) is 6.10 Å². The molecule has 0 aliphatic carbocycles. The molecule has 2 aromatic carbocycles. The smallest absolute Gasteiger partial charge is 0.309 e. The van der Waals surface area contributed by atoms with Crippen molar-refractivity contribution in [3.63, 3.8) is 0 Å². The van der Waals surface area contributed by atoms with Crippen molar-refractivity contribution >= 4 is 34.4 Å². The van der Waals surface area contributed by atoms with E-state index in [9.17, 15) is 19.1 Å². The summed E-state index contributed by atoms with van der Waals surface area (Å²) in [6.07, 6.45) is 2.44. The number of nitrogens with zero attached hydrogens (tertiary/aromatic N) is 2. The molecule has 2 atom stereocenters. The van der Waals surface area contributed by atoms with Gasteiger partial charge in [-0.2, -0.15) is 0 Å². The largest absolute Gasteiger partial charge is 0.481 e. The number of pyridine rings is 1. The predicted octanol–water partition coefficient (Wildman–Crippen LogP) is 5.81. The van der Waals surface area contributed by atoms with Crippen molar-refractivity contribution in [3.8, 4) is 16.9 Å². The maximum absolute atomic E-state index is 13.5. The molecule has 4 rings (SSSR count). The Hall–Kier alpha value is -3.19. The lowest BCUT2D eigenvalue weighted by Crippen LogP contribution is -2.50. The van der Waals surface area contributed by atoms with Gasteiger partial charge >= 0.3 is 5.97 Å². The fourth-order valence-electron chi connectivity index (χ4n) is 4.60. The number of hydrogen-bond donors (Lipinski definition) is 1. The summed E-state index contributed by atoms with van der Waals surface area (Å²) in [6, 6.07) is 11.5. The lowest BCUT2D eigenvalue weighted by molar-refractivity contribution is -0.154. The molecule has 0 saturated carbocycles. The summed E-state index contributed by atoms with van der Waals surface area (Å²) >= 11 is 6.27. The van der Waals surface area contributed by atoms with Crippen LogP contribution < -0.4 is 4.74 Å². The van der Waals surface area contributed by atoms with Crippen molar-refractivity contribution in [1.29, 1.82) is 0 Å². The number of benzene rings is 2. The summed E-state index contributed by atoms with van der Waals surface area (Å²) in [5.41, 5.74) is 1.26. The minimum atomic E-state index is -0.905. The Morgan fingerprint density at radius 3 is 2.69 bits per heavy atom. The quantitative estimate of drug-likeness (QED) is 0.464. The first-order valence-corrected chi connectivity index (χ1v) is 12.0. The van der Waals surface area contributed by atoms with Gasteiger partial charge in [0.05, 0.1) is 16.0 Å². The van der Waals surface area contributed by atoms with Crippen LogP contribution in [-0.2, 0) is 9.59 Å². The van der Waals surface area contributed by atoms with Crippen molar-refractivity contribution in [3.05, 3.63) is 59.5 Å². The molecule has 6 nitrogen and oxygen atoms in total. The van der Waals surface area contributed by atoms with Crippen LogP contribution in [0.1, 0.15) is 33.6 Å². The number of carboxylic acids is 1. The average Bonchev–Trinajstić information content (AvgIpc) is 2.83. The number of ether oxygens (including phenoxy) is 1. The highest BCUT2D eigenvalue weighted by molar-refractivity contribution is 6.33. The van der Waals surface area contributed by atoms with Crippen LogP contribution in [-0.4, -0.2) is 46.1 Å². The van der Waals surface area contributed by atoms with Gasteiger partial charge in [-0.25, -0.2) is 4.39 Å². The zero-order chi connectivity index (χ0) is 25.3. The van der Waals surface area contributed by atoms with Gasteiger partial charge in [0, 0.05) is 36.3 Å². The van der Waals surface area contributed by atoms with Crippen LogP contribution in [0, 0.1) is 17.2 Å². The van der Waals surface area contributed by atoms with Crippen LogP contribution in [0.4, 0.5) is 4.39 Å². The fraction of sp³-hybridized carbons (Fsp3) is 0.370. The molecular formula is C27H28ClFN2O4. The van der Waals surface area contributed by atoms with Gasteiger partial charge in [-0.3, -0.25) is 14.6 Å². The predicted molar refractivity (Wildman–Crippen MR) is 133 cm³/mol. The SMILES string of the molecule is CC(Oc1ccc2c(-c3ccc(F)cc3Cl)ccnc2c1)C(=O)N1CCCC(C(C)(C)C(=O)O)C1. The number of rotatable bonds is 6. The number of hydrogen-bond acceptors (Lipinski definition) is 4.